The second-order valence-electron chi connectivity index (χ2n) is 4.52. The van der Waals surface area contributed by atoms with E-state index < -0.39 is 0 Å². The molecule has 0 atom stereocenters. The van der Waals surface area contributed by atoms with Crippen LogP contribution in [0.15, 0.2) is 66.0 Å². The molecule has 0 aliphatic rings. The molecule has 20 heavy (non-hydrogen) atoms. The second kappa shape index (κ2) is 5.31. The first-order valence-corrected chi connectivity index (χ1v) is 7.21. The number of hydrogen-bond donors (Lipinski definition) is 2. The minimum Gasteiger partial charge on any atom is -0.390 e. The monoisotopic (exact) mass is 278 g/mol. The lowest BCUT2D eigenvalue weighted by molar-refractivity contribution is 1.47. The molecule has 0 spiro atoms. The minimum atomic E-state index is 0.474. The van der Waals surface area contributed by atoms with Crippen molar-refractivity contribution in [3.05, 3.63) is 77.2 Å². The lowest BCUT2D eigenvalue weighted by Crippen LogP contribution is -2.02. The molecule has 3 aromatic rings. The zero-order valence-corrected chi connectivity index (χ0v) is 11.7. The Hall–Kier alpha value is -2.39. The van der Waals surface area contributed by atoms with Gasteiger partial charge in [-0.05, 0) is 28.6 Å². The Morgan fingerprint density at radius 3 is 2.35 bits per heavy atom. The van der Waals surface area contributed by atoms with E-state index >= 15 is 0 Å². The fraction of sp³-hybridized carbons (Fsp3) is 0. The minimum absolute atomic E-state index is 0.474. The lowest BCUT2D eigenvalue weighted by Gasteiger charge is -2.07. The molecule has 3 heteroatoms. The van der Waals surface area contributed by atoms with Crippen LogP contribution < -0.4 is 5.73 Å². The Balaban J connectivity index is 2.00. The largest absolute Gasteiger partial charge is 0.390 e. The van der Waals surface area contributed by atoms with Gasteiger partial charge in [0.1, 0.15) is 0 Å². The summed E-state index contributed by atoms with van der Waals surface area (Å²) in [7, 11) is 0. The van der Waals surface area contributed by atoms with Crippen LogP contribution in [-0.4, -0.2) is 5.71 Å². The van der Waals surface area contributed by atoms with Gasteiger partial charge in [0.25, 0.3) is 0 Å². The standard InChI is InChI=1S/C17H14N2S/c18-16(15-9-10-20-17(15)19)14-8-4-7-13(11-14)12-5-2-1-3-6-12/h1-11,18H,19H2. The van der Waals surface area contributed by atoms with E-state index in [0.29, 0.717) is 10.7 Å². The van der Waals surface area contributed by atoms with Gasteiger partial charge in [0.2, 0.25) is 0 Å². The van der Waals surface area contributed by atoms with Crippen molar-refractivity contribution >= 4 is 22.0 Å². The summed E-state index contributed by atoms with van der Waals surface area (Å²) < 4.78 is 0. The molecule has 3 rings (SSSR count). The van der Waals surface area contributed by atoms with Crippen molar-refractivity contribution in [3.8, 4) is 11.1 Å². The van der Waals surface area contributed by atoms with Crippen molar-refractivity contribution in [2.45, 2.75) is 0 Å². The molecule has 0 saturated carbocycles. The van der Waals surface area contributed by atoms with Gasteiger partial charge in [0, 0.05) is 11.1 Å². The third-order valence-electron chi connectivity index (χ3n) is 3.22. The van der Waals surface area contributed by atoms with E-state index in [4.69, 9.17) is 11.1 Å². The van der Waals surface area contributed by atoms with Crippen molar-refractivity contribution in [3.63, 3.8) is 0 Å². The quantitative estimate of drug-likeness (QED) is 0.685. The van der Waals surface area contributed by atoms with Gasteiger partial charge in [-0.1, -0.05) is 48.5 Å². The molecular formula is C17H14N2S. The molecule has 3 N–H and O–H groups in total. The smallest absolute Gasteiger partial charge is 0.0951 e. The molecule has 98 valence electrons. The van der Waals surface area contributed by atoms with Gasteiger partial charge in [-0.3, -0.25) is 5.41 Å². The van der Waals surface area contributed by atoms with Crippen molar-refractivity contribution < 1.29 is 0 Å². The fourth-order valence-corrected chi connectivity index (χ4v) is 2.82. The van der Waals surface area contributed by atoms with Crippen LogP contribution in [0.5, 0.6) is 0 Å². The number of nitrogens with two attached hydrogens (primary N) is 1. The van der Waals surface area contributed by atoms with Gasteiger partial charge in [0.15, 0.2) is 0 Å². The molecule has 2 nitrogen and oxygen atoms in total. The molecule has 1 heterocycles. The first-order valence-electron chi connectivity index (χ1n) is 6.33. The number of anilines is 1. The van der Waals surface area contributed by atoms with Gasteiger partial charge in [-0.25, -0.2) is 0 Å². The van der Waals surface area contributed by atoms with Crippen LogP contribution in [0.3, 0.4) is 0 Å². The van der Waals surface area contributed by atoms with Crippen molar-refractivity contribution in [2.24, 2.45) is 0 Å². The van der Waals surface area contributed by atoms with Crippen LogP contribution in [0.25, 0.3) is 11.1 Å². The molecule has 0 amide bonds. The van der Waals surface area contributed by atoms with Gasteiger partial charge < -0.3 is 5.73 Å². The fourth-order valence-electron chi connectivity index (χ4n) is 2.17. The van der Waals surface area contributed by atoms with E-state index in [1.54, 1.807) is 0 Å². The van der Waals surface area contributed by atoms with Gasteiger partial charge in [0.05, 0.1) is 10.7 Å². The van der Waals surface area contributed by atoms with E-state index in [2.05, 4.69) is 18.2 Å². The Morgan fingerprint density at radius 1 is 0.900 bits per heavy atom. The highest BCUT2D eigenvalue weighted by Gasteiger charge is 2.10. The molecular weight excluding hydrogens is 264 g/mol. The zero-order valence-electron chi connectivity index (χ0n) is 10.8. The van der Waals surface area contributed by atoms with Crippen molar-refractivity contribution in [1.82, 2.24) is 0 Å². The third-order valence-corrected chi connectivity index (χ3v) is 3.97. The molecule has 0 bridgehead atoms. The van der Waals surface area contributed by atoms with Crippen LogP contribution in [0.2, 0.25) is 0 Å². The zero-order chi connectivity index (χ0) is 13.9. The number of nitrogen functional groups attached to an aromatic ring is 1. The first kappa shape index (κ1) is 12.6. The summed E-state index contributed by atoms with van der Waals surface area (Å²) in [5.41, 5.74) is 10.3. The Kier molecular flexibility index (Phi) is 3.35. The highest BCUT2D eigenvalue weighted by molar-refractivity contribution is 7.14. The van der Waals surface area contributed by atoms with E-state index in [1.807, 2.05) is 47.8 Å². The van der Waals surface area contributed by atoms with Gasteiger partial charge in [-0.2, -0.15) is 0 Å². The SMILES string of the molecule is N=C(c1cccc(-c2ccccc2)c1)c1ccsc1N. The molecule has 0 saturated heterocycles. The van der Waals surface area contributed by atoms with E-state index in [-0.39, 0.29) is 0 Å². The Morgan fingerprint density at radius 2 is 1.65 bits per heavy atom. The average Bonchev–Trinajstić information content (AvgIpc) is 2.94. The Bertz CT molecular complexity index is 744. The van der Waals surface area contributed by atoms with Crippen LogP contribution in [-0.2, 0) is 0 Å². The van der Waals surface area contributed by atoms with Crippen molar-refractivity contribution in [2.75, 3.05) is 5.73 Å². The highest BCUT2D eigenvalue weighted by Crippen LogP contribution is 2.25. The maximum Gasteiger partial charge on any atom is 0.0951 e. The maximum absolute atomic E-state index is 8.31. The lowest BCUT2D eigenvalue weighted by atomic mass is 9.99. The molecule has 0 unspecified atom stereocenters. The summed E-state index contributed by atoms with van der Waals surface area (Å²) in [4.78, 5) is 0. The normalized spacial score (nSPS) is 10.4. The summed E-state index contributed by atoms with van der Waals surface area (Å²) in [5, 5.41) is 10.9. The molecule has 0 radical (unpaired) electrons. The first-order chi connectivity index (χ1) is 9.75. The Labute approximate surface area is 122 Å². The average molecular weight is 278 g/mol. The van der Waals surface area contributed by atoms with Crippen LogP contribution in [0.1, 0.15) is 11.1 Å². The number of rotatable bonds is 3. The summed E-state index contributed by atoms with van der Waals surface area (Å²) in [5.74, 6) is 0. The molecule has 0 aliphatic carbocycles. The van der Waals surface area contributed by atoms with Crippen LogP contribution >= 0.6 is 11.3 Å². The molecule has 2 aromatic carbocycles. The highest BCUT2D eigenvalue weighted by atomic mass is 32.1. The molecule has 1 aromatic heterocycles. The van der Waals surface area contributed by atoms with E-state index in [9.17, 15) is 0 Å². The summed E-state index contributed by atoms with van der Waals surface area (Å²) in [6.07, 6.45) is 0. The molecule has 0 aliphatic heterocycles. The predicted octanol–water partition coefficient (Wildman–Crippen LogP) is 4.41. The summed E-state index contributed by atoms with van der Waals surface area (Å²) >= 11 is 1.46. The van der Waals surface area contributed by atoms with Crippen LogP contribution in [0, 0.1) is 5.41 Å². The third kappa shape index (κ3) is 2.36. The van der Waals surface area contributed by atoms with E-state index in [1.165, 1.54) is 11.3 Å². The number of thiophene rings is 1. The number of benzene rings is 2. The predicted molar refractivity (Wildman–Crippen MR) is 86.5 cm³/mol. The molecule has 0 fully saturated rings. The summed E-state index contributed by atoms with van der Waals surface area (Å²) in [6.45, 7) is 0. The second-order valence-corrected chi connectivity index (χ2v) is 5.47. The van der Waals surface area contributed by atoms with Crippen molar-refractivity contribution in [1.29, 1.82) is 5.41 Å². The van der Waals surface area contributed by atoms with Gasteiger partial charge in [-0.15, -0.1) is 11.3 Å². The van der Waals surface area contributed by atoms with E-state index in [0.717, 1.165) is 22.3 Å². The van der Waals surface area contributed by atoms with Gasteiger partial charge >= 0.3 is 0 Å². The number of hydrogen-bond acceptors (Lipinski definition) is 3. The maximum atomic E-state index is 8.31. The number of nitrogens with one attached hydrogen (secondary N) is 1. The summed E-state index contributed by atoms with van der Waals surface area (Å²) in [6, 6.07) is 20.1. The van der Waals surface area contributed by atoms with Crippen LogP contribution in [0.4, 0.5) is 5.00 Å². The topological polar surface area (TPSA) is 49.9 Å².